The fraction of sp³-hybridized carbons (Fsp3) is 0.435. The molecule has 0 heterocycles. The van der Waals surface area contributed by atoms with Crippen molar-refractivity contribution in [3.05, 3.63) is 53.6 Å². The second-order valence-electron chi connectivity index (χ2n) is 8.53. The van der Waals surface area contributed by atoms with Crippen molar-refractivity contribution in [3.8, 4) is 11.5 Å². The predicted molar refractivity (Wildman–Crippen MR) is 113 cm³/mol. The maximum atomic E-state index is 12.5. The molecule has 27 heavy (non-hydrogen) atoms. The van der Waals surface area contributed by atoms with Gasteiger partial charge in [0.05, 0.1) is 0 Å². The summed E-state index contributed by atoms with van der Waals surface area (Å²) in [7, 11) is 0. The maximum absolute atomic E-state index is 12.5. The Hall–Kier alpha value is -2.49. The molecule has 0 atom stereocenters. The number of para-hydroxylation sites is 1. The van der Waals surface area contributed by atoms with E-state index in [1.54, 1.807) is 0 Å². The maximum Gasteiger partial charge on any atom is 0.319 e. The highest BCUT2D eigenvalue weighted by atomic mass is 16.5. The van der Waals surface area contributed by atoms with E-state index in [-0.39, 0.29) is 23.4 Å². The van der Waals surface area contributed by atoms with Crippen LogP contribution >= 0.6 is 0 Å². The number of anilines is 1. The van der Waals surface area contributed by atoms with Crippen molar-refractivity contribution in [2.45, 2.75) is 65.8 Å². The molecule has 0 saturated heterocycles. The molecule has 0 unspecified atom stereocenters. The Morgan fingerprint density at radius 1 is 0.889 bits per heavy atom. The van der Waals surface area contributed by atoms with E-state index in [9.17, 15) is 4.79 Å². The van der Waals surface area contributed by atoms with Crippen LogP contribution in [0.25, 0.3) is 0 Å². The van der Waals surface area contributed by atoms with E-state index >= 15 is 0 Å². The zero-order valence-corrected chi connectivity index (χ0v) is 17.5. The summed E-state index contributed by atoms with van der Waals surface area (Å²) in [5.74, 6) is 2.07. The molecule has 0 bridgehead atoms. The molecule has 2 N–H and O–H groups in total. The summed E-state index contributed by atoms with van der Waals surface area (Å²) < 4.78 is 6.07. The zero-order valence-electron chi connectivity index (χ0n) is 17.5. The Bertz CT molecular complexity index is 746. The first-order valence-corrected chi connectivity index (χ1v) is 9.56. The summed E-state index contributed by atoms with van der Waals surface area (Å²) >= 11 is 0. The molecule has 0 saturated carbocycles. The van der Waals surface area contributed by atoms with Crippen LogP contribution in [0.1, 0.15) is 71.4 Å². The van der Waals surface area contributed by atoms with Crippen molar-refractivity contribution in [1.82, 2.24) is 5.32 Å². The average molecular weight is 369 g/mol. The molecule has 2 rings (SSSR count). The van der Waals surface area contributed by atoms with Gasteiger partial charge in [0.1, 0.15) is 11.5 Å². The van der Waals surface area contributed by atoms with E-state index in [4.69, 9.17) is 4.74 Å². The molecule has 0 aliphatic heterocycles. The summed E-state index contributed by atoms with van der Waals surface area (Å²) in [5, 5.41) is 6.06. The summed E-state index contributed by atoms with van der Waals surface area (Å²) in [5.41, 5.74) is 2.71. The standard InChI is InChI=1S/C23H32N2O2/c1-15(2)19-13-18(27-17-11-9-8-10-12-17)14-20(16(3)4)21(19)24-22(26)25-23(5,6)7/h8-16H,1-7H3,(H2,24,25,26). The Kier molecular flexibility index (Phi) is 6.53. The molecular formula is C23H32N2O2. The largest absolute Gasteiger partial charge is 0.457 e. The SMILES string of the molecule is CC(C)c1cc(Oc2ccccc2)cc(C(C)C)c1NC(=O)NC(C)(C)C. The minimum Gasteiger partial charge on any atom is -0.457 e. The van der Waals surface area contributed by atoms with Crippen molar-refractivity contribution in [2.75, 3.05) is 5.32 Å². The monoisotopic (exact) mass is 368 g/mol. The number of rotatable bonds is 5. The van der Waals surface area contributed by atoms with E-state index in [0.29, 0.717) is 0 Å². The molecule has 0 spiro atoms. The van der Waals surface area contributed by atoms with Gasteiger partial charge in [-0.05, 0) is 68.0 Å². The van der Waals surface area contributed by atoms with Gasteiger partial charge in [-0.25, -0.2) is 4.79 Å². The Balaban J connectivity index is 2.44. The summed E-state index contributed by atoms with van der Waals surface area (Å²) in [6, 6.07) is 13.6. The topological polar surface area (TPSA) is 50.4 Å². The molecule has 146 valence electrons. The molecule has 4 heteroatoms. The lowest BCUT2D eigenvalue weighted by Gasteiger charge is -2.25. The van der Waals surface area contributed by atoms with E-state index in [2.05, 4.69) is 38.3 Å². The molecule has 0 aromatic heterocycles. The zero-order chi connectivity index (χ0) is 20.2. The highest BCUT2D eigenvalue weighted by Gasteiger charge is 2.20. The molecule has 0 radical (unpaired) electrons. The lowest BCUT2D eigenvalue weighted by Crippen LogP contribution is -2.43. The van der Waals surface area contributed by atoms with Gasteiger partial charge in [-0.15, -0.1) is 0 Å². The van der Waals surface area contributed by atoms with Crippen LogP contribution in [0.5, 0.6) is 11.5 Å². The third-order valence-electron chi connectivity index (χ3n) is 4.12. The van der Waals surface area contributed by atoms with Crippen molar-refractivity contribution in [1.29, 1.82) is 0 Å². The number of benzene rings is 2. The summed E-state index contributed by atoms with van der Waals surface area (Å²) in [6.45, 7) is 14.4. The molecule has 0 fully saturated rings. The number of hydrogen-bond donors (Lipinski definition) is 2. The quantitative estimate of drug-likeness (QED) is 0.621. The van der Waals surface area contributed by atoms with E-state index in [1.807, 2.05) is 63.2 Å². The second-order valence-corrected chi connectivity index (χ2v) is 8.53. The molecule has 4 nitrogen and oxygen atoms in total. The fourth-order valence-corrected chi connectivity index (χ4v) is 2.88. The fourth-order valence-electron chi connectivity index (χ4n) is 2.88. The first-order valence-electron chi connectivity index (χ1n) is 9.56. The van der Waals surface area contributed by atoms with Crippen LogP contribution < -0.4 is 15.4 Å². The predicted octanol–water partition coefficient (Wildman–Crippen LogP) is 6.65. The smallest absolute Gasteiger partial charge is 0.319 e. The molecular weight excluding hydrogens is 336 g/mol. The van der Waals surface area contributed by atoms with Crippen LogP contribution in [0.2, 0.25) is 0 Å². The first-order chi connectivity index (χ1) is 12.6. The minimum atomic E-state index is -0.295. The second kappa shape index (κ2) is 8.47. The number of carbonyl (C=O) groups is 1. The third-order valence-corrected chi connectivity index (χ3v) is 4.12. The summed E-state index contributed by atoms with van der Waals surface area (Å²) in [6.07, 6.45) is 0. The molecule has 2 aromatic rings. The highest BCUT2D eigenvalue weighted by Crippen LogP contribution is 2.37. The first kappa shape index (κ1) is 20.8. The Labute approximate surface area is 163 Å². The van der Waals surface area contributed by atoms with Crippen molar-refractivity contribution in [2.24, 2.45) is 0 Å². The van der Waals surface area contributed by atoms with Gasteiger partial charge in [0.25, 0.3) is 0 Å². The van der Waals surface area contributed by atoms with Crippen LogP contribution in [0.3, 0.4) is 0 Å². The number of nitrogens with one attached hydrogen (secondary N) is 2. The molecule has 2 aromatic carbocycles. The summed E-state index contributed by atoms with van der Waals surface area (Å²) in [4.78, 5) is 12.5. The van der Waals surface area contributed by atoms with Crippen LogP contribution in [0, 0.1) is 0 Å². The third kappa shape index (κ3) is 6.02. The van der Waals surface area contributed by atoms with Gasteiger partial charge in [0, 0.05) is 11.2 Å². The Morgan fingerprint density at radius 2 is 1.41 bits per heavy atom. The van der Waals surface area contributed by atoms with Gasteiger partial charge in [-0.3, -0.25) is 0 Å². The Morgan fingerprint density at radius 3 is 1.85 bits per heavy atom. The highest BCUT2D eigenvalue weighted by molar-refractivity contribution is 5.92. The van der Waals surface area contributed by atoms with Crippen LogP contribution in [-0.4, -0.2) is 11.6 Å². The van der Waals surface area contributed by atoms with Gasteiger partial charge in [-0.2, -0.15) is 0 Å². The van der Waals surface area contributed by atoms with Crippen LogP contribution in [0.4, 0.5) is 10.5 Å². The van der Waals surface area contributed by atoms with Crippen molar-refractivity contribution in [3.63, 3.8) is 0 Å². The number of carbonyl (C=O) groups excluding carboxylic acids is 1. The molecule has 0 aliphatic rings. The van der Waals surface area contributed by atoms with Gasteiger partial charge < -0.3 is 15.4 Å². The van der Waals surface area contributed by atoms with Crippen LogP contribution in [0.15, 0.2) is 42.5 Å². The van der Waals surface area contributed by atoms with E-state index in [0.717, 1.165) is 28.3 Å². The molecule has 0 aliphatic carbocycles. The van der Waals surface area contributed by atoms with Gasteiger partial charge in [-0.1, -0.05) is 45.9 Å². The molecule has 2 amide bonds. The minimum absolute atomic E-state index is 0.192. The normalized spacial score (nSPS) is 11.6. The van der Waals surface area contributed by atoms with E-state index in [1.165, 1.54) is 0 Å². The van der Waals surface area contributed by atoms with E-state index < -0.39 is 0 Å². The number of ether oxygens (including phenoxy) is 1. The van der Waals surface area contributed by atoms with Crippen LogP contribution in [-0.2, 0) is 0 Å². The number of hydrogen-bond acceptors (Lipinski definition) is 2. The van der Waals surface area contributed by atoms with Gasteiger partial charge in [0.2, 0.25) is 0 Å². The lowest BCUT2D eigenvalue weighted by atomic mass is 9.92. The van der Waals surface area contributed by atoms with Gasteiger partial charge >= 0.3 is 6.03 Å². The number of urea groups is 1. The van der Waals surface area contributed by atoms with Crippen molar-refractivity contribution < 1.29 is 9.53 Å². The lowest BCUT2D eigenvalue weighted by molar-refractivity contribution is 0.243. The van der Waals surface area contributed by atoms with Gasteiger partial charge in [0.15, 0.2) is 0 Å². The van der Waals surface area contributed by atoms with Crippen molar-refractivity contribution >= 4 is 11.7 Å². The average Bonchev–Trinajstić information content (AvgIpc) is 2.54. The number of amides is 2.